The van der Waals surface area contributed by atoms with Gasteiger partial charge in [-0.2, -0.15) is 0 Å². The lowest BCUT2D eigenvalue weighted by Gasteiger charge is -2.04. The van der Waals surface area contributed by atoms with Crippen LogP contribution in [-0.2, 0) is 11.2 Å². The first-order valence-corrected chi connectivity index (χ1v) is 6.87. The van der Waals surface area contributed by atoms with E-state index in [0.717, 1.165) is 28.2 Å². The van der Waals surface area contributed by atoms with E-state index in [4.69, 9.17) is 5.73 Å². The number of nitrogens with zero attached hydrogens (tertiary/aromatic N) is 2. The van der Waals surface area contributed by atoms with Crippen molar-refractivity contribution in [2.24, 2.45) is 5.73 Å². The van der Waals surface area contributed by atoms with Crippen molar-refractivity contribution < 1.29 is 4.79 Å². The number of carbonyl (C=O) groups excluding carboxylic acids is 1. The SMILES string of the molecule is Cc1ccc(-c2nc3ccc(C)cn3c2CC(N)=O)cc1. The first-order chi connectivity index (χ1) is 10.0. The molecule has 0 bridgehead atoms. The fraction of sp³-hybridized carbons (Fsp3) is 0.176. The maximum atomic E-state index is 11.4. The summed E-state index contributed by atoms with van der Waals surface area (Å²) in [6.07, 6.45) is 2.16. The molecule has 21 heavy (non-hydrogen) atoms. The van der Waals surface area contributed by atoms with E-state index in [1.54, 1.807) is 0 Å². The minimum atomic E-state index is -0.355. The van der Waals surface area contributed by atoms with Crippen molar-refractivity contribution in [2.75, 3.05) is 0 Å². The van der Waals surface area contributed by atoms with Gasteiger partial charge >= 0.3 is 0 Å². The Bertz CT molecular complexity index is 816. The lowest BCUT2D eigenvalue weighted by molar-refractivity contribution is -0.117. The molecule has 0 atom stereocenters. The summed E-state index contributed by atoms with van der Waals surface area (Å²) in [5.41, 5.74) is 11.2. The molecule has 0 aliphatic heterocycles. The molecule has 0 fully saturated rings. The number of aromatic nitrogens is 2. The van der Waals surface area contributed by atoms with Gasteiger partial charge in [0.05, 0.1) is 17.8 Å². The van der Waals surface area contributed by atoms with Gasteiger partial charge in [-0.25, -0.2) is 4.98 Å². The topological polar surface area (TPSA) is 60.4 Å². The third kappa shape index (κ3) is 2.52. The summed E-state index contributed by atoms with van der Waals surface area (Å²) in [6.45, 7) is 4.06. The zero-order chi connectivity index (χ0) is 15.0. The maximum absolute atomic E-state index is 11.4. The summed E-state index contributed by atoms with van der Waals surface area (Å²) in [6, 6.07) is 12.1. The molecule has 2 N–H and O–H groups in total. The number of imidazole rings is 1. The van der Waals surface area contributed by atoms with E-state index in [0.29, 0.717) is 0 Å². The zero-order valence-corrected chi connectivity index (χ0v) is 12.1. The van der Waals surface area contributed by atoms with Gasteiger partial charge in [-0.05, 0) is 25.5 Å². The third-order valence-electron chi connectivity index (χ3n) is 3.53. The van der Waals surface area contributed by atoms with Crippen molar-refractivity contribution in [2.45, 2.75) is 20.3 Å². The van der Waals surface area contributed by atoms with E-state index in [1.807, 2.05) is 60.8 Å². The lowest BCUT2D eigenvalue weighted by atomic mass is 10.1. The largest absolute Gasteiger partial charge is 0.369 e. The molecule has 0 aliphatic carbocycles. The minimum absolute atomic E-state index is 0.174. The molecule has 0 saturated heterocycles. The number of pyridine rings is 1. The van der Waals surface area contributed by atoms with Crippen LogP contribution in [0.4, 0.5) is 0 Å². The van der Waals surface area contributed by atoms with Crippen LogP contribution in [0, 0.1) is 13.8 Å². The second-order valence-electron chi connectivity index (χ2n) is 5.35. The molecule has 1 aromatic carbocycles. The molecule has 2 aromatic heterocycles. The van der Waals surface area contributed by atoms with Gasteiger partial charge in [0.1, 0.15) is 5.65 Å². The monoisotopic (exact) mass is 279 g/mol. The van der Waals surface area contributed by atoms with E-state index in [2.05, 4.69) is 4.98 Å². The average molecular weight is 279 g/mol. The Balaban J connectivity index is 2.25. The van der Waals surface area contributed by atoms with Crippen LogP contribution in [0.3, 0.4) is 0 Å². The molecule has 4 nitrogen and oxygen atoms in total. The fourth-order valence-corrected chi connectivity index (χ4v) is 2.48. The van der Waals surface area contributed by atoms with Crippen LogP contribution in [0.15, 0.2) is 42.6 Å². The molecule has 4 heteroatoms. The van der Waals surface area contributed by atoms with Crippen LogP contribution in [0.2, 0.25) is 0 Å². The van der Waals surface area contributed by atoms with Gasteiger partial charge in [0.2, 0.25) is 5.91 Å². The summed E-state index contributed by atoms with van der Waals surface area (Å²) in [7, 11) is 0. The van der Waals surface area contributed by atoms with Crippen LogP contribution in [-0.4, -0.2) is 15.3 Å². The first kappa shape index (κ1) is 13.4. The highest BCUT2D eigenvalue weighted by Gasteiger charge is 2.15. The molecule has 3 aromatic rings. The van der Waals surface area contributed by atoms with Crippen LogP contribution < -0.4 is 5.73 Å². The van der Waals surface area contributed by atoms with Crippen molar-refractivity contribution in [1.82, 2.24) is 9.38 Å². The fourth-order valence-electron chi connectivity index (χ4n) is 2.48. The normalized spacial score (nSPS) is 11.0. The molecular formula is C17H17N3O. The summed E-state index contributed by atoms with van der Waals surface area (Å²) in [5, 5.41) is 0. The highest BCUT2D eigenvalue weighted by Crippen LogP contribution is 2.25. The van der Waals surface area contributed by atoms with Gasteiger partial charge in [-0.1, -0.05) is 35.9 Å². The Hall–Kier alpha value is -2.62. The maximum Gasteiger partial charge on any atom is 0.223 e. The number of hydrogen-bond acceptors (Lipinski definition) is 2. The van der Waals surface area contributed by atoms with Crippen molar-refractivity contribution >= 4 is 11.6 Å². The highest BCUT2D eigenvalue weighted by molar-refractivity contribution is 5.80. The summed E-state index contributed by atoms with van der Waals surface area (Å²) in [5.74, 6) is -0.355. The number of hydrogen-bond donors (Lipinski definition) is 1. The summed E-state index contributed by atoms with van der Waals surface area (Å²) < 4.78 is 1.95. The molecule has 0 spiro atoms. The Morgan fingerprint density at radius 3 is 2.43 bits per heavy atom. The van der Waals surface area contributed by atoms with Crippen molar-refractivity contribution in [3.8, 4) is 11.3 Å². The van der Waals surface area contributed by atoms with Crippen molar-refractivity contribution in [1.29, 1.82) is 0 Å². The predicted octanol–water partition coefficient (Wildman–Crippen LogP) is 2.65. The Morgan fingerprint density at radius 1 is 1.10 bits per heavy atom. The number of rotatable bonds is 3. The number of benzene rings is 1. The number of fused-ring (bicyclic) bond motifs is 1. The Morgan fingerprint density at radius 2 is 1.76 bits per heavy atom. The minimum Gasteiger partial charge on any atom is -0.369 e. The van der Waals surface area contributed by atoms with E-state index >= 15 is 0 Å². The van der Waals surface area contributed by atoms with Crippen molar-refractivity contribution in [3.63, 3.8) is 0 Å². The predicted molar refractivity (Wildman–Crippen MR) is 83.0 cm³/mol. The van der Waals surface area contributed by atoms with Gasteiger partial charge in [-0.3, -0.25) is 4.79 Å². The van der Waals surface area contributed by atoms with E-state index < -0.39 is 0 Å². The van der Waals surface area contributed by atoms with Crippen LogP contribution in [0.5, 0.6) is 0 Å². The molecule has 3 rings (SSSR count). The molecule has 2 heterocycles. The summed E-state index contributed by atoms with van der Waals surface area (Å²) >= 11 is 0. The summed E-state index contributed by atoms with van der Waals surface area (Å²) in [4.78, 5) is 16.1. The number of nitrogens with two attached hydrogens (primary N) is 1. The number of aryl methyl sites for hydroxylation is 2. The molecule has 0 unspecified atom stereocenters. The zero-order valence-electron chi connectivity index (χ0n) is 12.1. The Labute approximate surface area is 123 Å². The molecule has 0 saturated carbocycles. The van der Waals surface area contributed by atoms with Crippen LogP contribution in [0.25, 0.3) is 16.9 Å². The van der Waals surface area contributed by atoms with Gasteiger partial charge in [0.15, 0.2) is 0 Å². The third-order valence-corrected chi connectivity index (χ3v) is 3.53. The molecule has 1 amide bonds. The van der Waals surface area contributed by atoms with Crippen LogP contribution >= 0.6 is 0 Å². The van der Waals surface area contributed by atoms with Crippen LogP contribution in [0.1, 0.15) is 16.8 Å². The quantitative estimate of drug-likeness (QED) is 0.801. The van der Waals surface area contributed by atoms with Crippen molar-refractivity contribution in [3.05, 3.63) is 59.4 Å². The lowest BCUT2D eigenvalue weighted by Crippen LogP contribution is -2.15. The molecule has 106 valence electrons. The average Bonchev–Trinajstić information content (AvgIpc) is 2.77. The van der Waals surface area contributed by atoms with Gasteiger partial charge < -0.3 is 10.1 Å². The number of carbonyl (C=O) groups is 1. The highest BCUT2D eigenvalue weighted by atomic mass is 16.1. The molecule has 0 radical (unpaired) electrons. The van der Waals surface area contributed by atoms with E-state index in [9.17, 15) is 4.79 Å². The standard InChI is InChI=1S/C17H17N3O/c1-11-3-6-13(7-4-11)17-14(9-15(18)21)20-10-12(2)5-8-16(20)19-17/h3-8,10H,9H2,1-2H3,(H2,18,21). The second kappa shape index (κ2) is 5.05. The second-order valence-corrected chi connectivity index (χ2v) is 5.35. The van der Waals surface area contributed by atoms with Gasteiger partial charge in [0.25, 0.3) is 0 Å². The number of amides is 1. The van der Waals surface area contributed by atoms with Gasteiger partial charge in [0, 0.05) is 11.8 Å². The smallest absolute Gasteiger partial charge is 0.223 e. The number of primary amides is 1. The van der Waals surface area contributed by atoms with Gasteiger partial charge in [-0.15, -0.1) is 0 Å². The van der Waals surface area contributed by atoms with E-state index in [-0.39, 0.29) is 12.3 Å². The molecular weight excluding hydrogens is 262 g/mol. The van der Waals surface area contributed by atoms with E-state index in [1.165, 1.54) is 5.56 Å². The first-order valence-electron chi connectivity index (χ1n) is 6.87. The Kier molecular flexibility index (Phi) is 3.22. The molecule has 0 aliphatic rings.